The fraction of sp³-hybridized carbons (Fsp3) is 0.143. The molecule has 0 amide bonds. The molecule has 6 heteroatoms. The first-order chi connectivity index (χ1) is 5.80. The summed E-state index contributed by atoms with van der Waals surface area (Å²) in [6, 6.07) is 7.19. The molecule has 0 saturated heterocycles. The van der Waals surface area contributed by atoms with E-state index in [2.05, 4.69) is 0 Å². The first-order valence-electron chi connectivity index (χ1n) is 3.13. The van der Waals surface area contributed by atoms with Gasteiger partial charge in [-0.1, -0.05) is 35.3 Å². The summed E-state index contributed by atoms with van der Waals surface area (Å²) >= 11 is 11.2. The minimum atomic E-state index is -3.67. The number of benzene rings is 1. The summed E-state index contributed by atoms with van der Waals surface area (Å²) in [6.45, 7) is 0. The van der Waals surface area contributed by atoms with E-state index in [1.165, 1.54) is 0 Å². The molecule has 0 saturated carbocycles. The second kappa shape index (κ2) is 5.44. The summed E-state index contributed by atoms with van der Waals surface area (Å²) in [5, 5.41) is 1.21. The molecule has 0 aliphatic carbocycles. The summed E-state index contributed by atoms with van der Waals surface area (Å²) in [6.07, 6.45) is 0.715. The molecular weight excluding hydrogens is 235 g/mol. The van der Waals surface area contributed by atoms with E-state index in [9.17, 15) is 8.42 Å². The minimum absolute atomic E-state index is 0.606. The molecule has 0 spiro atoms. The summed E-state index contributed by atoms with van der Waals surface area (Å²) in [5.74, 6) is 0. The van der Waals surface area contributed by atoms with Crippen molar-refractivity contribution in [1.29, 1.82) is 0 Å². The van der Waals surface area contributed by atoms with Crippen molar-refractivity contribution in [2.75, 3.05) is 6.26 Å². The summed E-state index contributed by atoms with van der Waals surface area (Å²) < 4.78 is 25.9. The van der Waals surface area contributed by atoms with Crippen LogP contribution < -0.4 is 0 Å². The maximum absolute atomic E-state index is 9.19. The van der Waals surface area contributed by atoms with Gasteiger partial charge < -0.3 is 0 Å². The largest absolute Gasteiger partial charge is 0.286 e. The second-order valence-electron chi connectivity index (χ2n) is 2.15. The van der Waals surface area contributed by atoms with Crippen LogP contribution >= 0.6 is 23.2 Å². The van der Waals surface area contributed by atoms with Crippen LogP contribution in [-0.2, 0) is 10.1 Å². The maximum Gasteiger partial charge on any atom is 0.261 e. The van der Waals surface area contributed by atoms with Gasteiger partial charge in [0.05, 0.1) is 16.3 Å². The molecule has 74 valence electrons. The van der Waals surface area contributed by atoms with Crippen LogP contribution in [0.3, 0.4) is 0 Å². The Hall–Kier alpha value is -0.290. The predicted molar refractivity (Wildman–Crippen MR) is 53.9 cm³/mol. The Morgan fingerprint density at radius 2 is 1.38 bits per heavy atom. The highest BCUT2D eigenvalue weighted by Crippen LogP contribution is 2.19. The van der Waals surface area contributed by atoms with E-state index < -0.39 is 10.1 Å². The van der Waals surface area contributed by atoms with Crippen molar-refractivity contribution < 1.29 is 13.0 Å². The smallest absolute Gasteiger partial charge is 0.261 e. The SMILES string of the molecule is CS(=O)(=O)O.Clc1ccccc1Cl. The molecule has 0 aliphatic rings. The Bertz CT molecular complexity index is 333. The van der Waals surface area contributed by atoms with Crippen molar-refractivity contribution in [3.63, 3.8) is 0 Å². The Morgan fingerprint density at radius 3 is 1.54 bits per heavy atom. The Kier molecular flexibility index (Phi) is 5.32. The number of hydrogen-bond donors (Lipinski definition) is 1. The molecular formula is C7H8Cl2O3S. The lowest BCUT2D eigenvalue weighted by Crippen LogP contribution is -1.88. The predicted octanol–water partition coefficient (Wildman–Crippen LogP) is 2.50. The van der Waals surface area contributed by atoms with Crippen molar-refractivity contribution >= 4 is 33.3 Å². The fourth-order valence-corrected chi connectivity index (χ4v) is 0.711. The lowest BCUT2D eigenvalue weighted by Gasteiger charge is -1.88. The van der Waals surface area contributed by atoms with Gasteiger partial charge in [-0.05, 0) is 12.1 Å². The number of hydrogen-bond acceptors (Lipinski definition) is 2. The zero-order chi connectivity index (χ0) is 10.5. The van der Waals surface area contributed by atoms with Gasteiger partial charge >= 0.3 is 0 Å². The molecule has 3 nitrogen and oxygen atoms in total. The van der Waals surface area contributed by atoms with Gasteiger partial charge in [-0.3, -0.25) is 4.55 Å². The highest BCUT2D eigenvalue weighted by molar-refractivity contribution is 7.85. The van der Waals surface area contributed by atoms with Gasteiger partial charge in [-0.2, -0.15) is 8.42 Å². The molecule has 1 N–H and O–H groups in total. The van der Waals surface area contributed by atoms with Gasteiger partial charge in [0.1, 0.15) is 0 Å². The molecule has 1 aromatic rings. The van der Waals surface area contributed by atoms with Crippen LogP contribution in [0.4, 0.5) is 0 Å². The highest BCUT2D eigenvalue weighted by Gasteiger charge is 1.89. The van der Waals surface area contributed by atoms with E-state index in [1.807, 2.05) is 12.1 Å². The van der Waals surface area contributed by atoms with Crippen molar-refractivity contribution in [3.8, 4) is 0 Å². The summed E-state index contributed by atoms with van der Waals surface area (Å²) in [5.41, 5.74) is 0. The summed E-state index contributed by atoms with van der Waals surface area (Å²) in [4.78, 5) is 0. The Balaban J connectivity index is 0.000000252. The summed E-state index contributed by atoms with van der Waals surface area (Å²) in [7, 11) is -3.67. The first-order valence-corrected chi connectivity index (χ1v) is 5.73. The van der Waals surface area contributed by atoms with Gasteiger partial charge in [0, 0.05) is 0 Å². The quantitative estimate of drug-likeness (QED) is 0.712. The van der Waals surface area contributed by atoms with E-state index in [0.29, 0.717) is 16.3 Å². The third-order valence-electron chi connectivity index (χ3n) is 0.824. The monoisotopic (exact) mass is 242 g/mol. The van der Waals surface area contributed by atoms with Crippen molar-refractivity contribution in [2.45, 2.75) is 0 Å². The second-order valence-corrected chi connectivity index (χ2v) is 4.43. The van der Waals surface area contributed by atoms with Crippen molar-refractivity contribution in [3.05, 3.63) is 34.3 Å². The van der Waals surface area contributed by atoms with Gasteiger partial charge in [0.25, 0.3) is 10.1 Å². The van der Waals surface area contributed by atoms with Crippen LogP contribution in [0.1, 0.15) is 0 Å². The van der Waals surface area contributed by atoms with Crippen LogP contribution in [0.2, 0.25) is 10.0 Å². The third kappa shape index (κ3) is 9.63. The van der Waals surface area contributed by atoms with Crippen LogP contribution in [0.25, 0.3) is 0 Å². The average molecular weight is 243 g/mol. The highest BCUT2D eigenvalue weighted by atomic mass is 35.5. The average Bonchev–Trinajstić information content (AvgIpc) is 1.92. The normalized spacial score (nSPS) is 10.2. The molecule has 1 aromatic carbocycles. The van der Waals surface area contributed by atoms with Crippen LogP contribution in [-0.4, -0.2) is 19.2 Å². The molecule has 0 unspecified atom stereocenters. The fourth-order valence-electron chi connectivity index (χ4n) is 0.439. The minimum Gasteiger partial charge on any atom is -0.286 e. The Labute approximate surface area is 87.0 Å². The van der Waals surface area contributed by atoms with Gasteiger partial charge in [0.15, 0.2) is 0 Å². The standard InChI is InChI=1S/C6H4Cl2.CH4O3S/c7-5-3-1-2-4-6(5)8;1-5(2,3)4/h1-4H;1H3,(H,2,3,4). The van der Waals surface area contributed by atoms with Crippen LogP contribution in [0.15, 0.2) is 24.3 Å². The molecule has 13 heavy (non-hydrogen) atoms. The molecule has 0 bridgehead atoms. The molecule has 1 rings (SSSR count). The topological polar surface area (TPSA) is 54.4 Å². The van der Waals surface area contributed by atoms with E-state index in [0.717, 1.165) is 0 Å². The lowest BCUT2D eigenvalue weighted by atomic mass is 10.4. The molecule has 0 atom stereocenters. The Morgan fingerprint density at radius 1 is 1.15 bits per heavy atom. The van der Waals surface area contributed by atoms with E-state index in [-0.39, 0.29) is 0 Å². The van der Waals surface area contributed by atoms with E-state index in [1.54, 1.807) is 12.1 Å². The van der Waals surface area contributed by atoms with E-state index in [4.69, 9.17) is 27.8 Å². The van der Waals surface area contributed by atoms with Crippen molar-refractivity contribution in [2.24, 2.45) is 0 Å². The molecule has 0 radical (unpaired) electrons. The van der Waals surface area contributed by atoms with Crippen LogP contribution in [0.5, 0.6) is 0 Å². The van der Waals surface area contributed by atoms with Gasteiger partial charge in [0.2, 0.25) is 0 Å². The first kappa shape index (κ1) is 12.7. The number of halogens is 2. The number of rotatable bonds is 0. The van der Waals surface area contributed by atoms with Gasteiger partial charge in [-0.15, -0.1) is 0 Å². The van der Waals surface area contributed by atoms with Crippen molar-refractivity contribution in [1.82, 2.24) is 0 Å². The molecule has 0 aromatic heterocycles. The zero-order valence-electron chi connectivity index (χ0n) is 6.74. The van der Waals surface area contributed by atoms with Crippen LogP contribution in [0, 0.1) is 0 Å². The zero-order valence-corrected chi connectivity index (χ0v) is 9.07. The third-order valence-corrected chi connectivity index (χ3v) is 1.58. The molecule has 0 fully saturated rings. The molecule has 0 aliphatic heterocycles. The lowest BCUT2D eigenvalue weighted by molar-refractivity contribution is 0.490. The van der Waals surface area contributed by atoms with E-state index >= 15 is 0 Å². The molecule has 0 heterocycles. The van der Waals surface area contributed by atoms with Gasteiger partial charge in [-0.25, -0.2) is 0 Å². The maximum atomic E-state index is 9.19.